The number of hydrogen-bond acceptors (Lipinski definition) is 5. The minimum atomic E-state index is -0.277. The molecule has 1 amide bonds. The van der Waals surface area contributed by atoms with Gasteiger partial charge in [0.05, 0.1) is 23.7 Å². The number of nitrogens with one attached hydrogen (secondary N) is 1. The monoisotopic (exact) mass is 435 g/mol. The maximum Gasteiger partial charge on any atom is 0.257 e. The number of hydrogen-bond donors (Lipinski definition) is 2. The summed E-state index contributed by atoms with van der Waals surface area (Å²) in [4.78, 5) is 22.7. The molecule has 0 spiro atoms. The van der Waals surface area contributed by atoms with Crippen LogP contribution in [0.15, 0.2) is 48.5 Å². The molecule has 0 radical (unpaired) electrons. The van der Waals surface area contributed by atoms with Gasteiger partial charge in [-0.15, -0.1) is 0 Å². The van der Waals surface area contributed by atoms with Crippen molar-refractivity contribution in [2.24, 2.45) is 0 Å². The Kier molecular flexibility index (Phi) is 5.21. The minimum absolute atomic E-state index is 0.0357. The van der Waals surface area contributed by atoms with E-state index in [2.05, 4.69) is 5.32 Å². The van der Waals surface area contributed by atoms with Crippen LogP contribution in [-0.4, -0.2) is 39.7 Å². The predicted octanol–water partition coefficient (Wildman–Crippen LogP) is 3.78. The second-order valence-corrected chi connectivity index (χ2v) is 8.07. The first kappa shape index (κ1) is 19.8. The second-order valence-electron chi connectivity index (χ2n) is 7.67. The Bertz CT molecular complexity index is 1280. The molecule has 31 heavy (non-hydrogen) atoms. The third-order valence-corrected chi connectivity index (χ3v) is 5.99. The normalized spacial score (nSPS) is 16.2. The number of carbonyl (C=O) groups excluding carboxylic acids is 1. The van der Waals surface area contributed by atoms with E-state index < -0.39 is 0 Å². The number of nitrogen functional groups attached to an aromatic ring is 1. The standard InChI is InChI=1S/C23H22ClN5O2/c24-16-8-2-1-6-14(16)13-29-21(25)19(23(30)26-12-15-7-5-11-31-15)20-22(29)28-18-10-4-3-9-17(18)27-20/h1-4,6,8-10,15H,5,7,11-13,25H2,(H,26,30)/t15-/m0/s1. The lowest BCUT2D eigenvalue weighted by Gasteiger charge is -2.11. The van der Waals surface area contributed by atoms with Crippen LogP contribution >= 0.6 is 11.6 Å². The van der Waals surface area contributed by atoms with Crippen LogP contribution in [0.5, 0.6) is 0 Å². The summed E-state index contributed by atoms with van der Waals surface area (Å²) in [6.07, 6.45) is 1.99. The van der Waals surface area contributed by atoms with Crippen molar-refractivity contribution in [3.63, 3.8) is 0 Å². The predicted molar refractivity (Wildman–Crippen MR) is 121 cm³/mol. The molecule has 3 N–H and O–H groups in total. The van der Waals surface area contributed by atoms with Crippen LogP contribution in [0.2, 0.25) is 5.02 Å². The molecule has 2 aromatic carbocycles. The van der Waals surface area contributed by atoms with Gasteiger partial charge in [0.15, 0.2) is 5.65 Å². The van der Waals surface area contributed by atoms with E-state index >= 15 is 0 Å². The van der Waals surface area contributed by atoms with Crippen molar-refractivity contribution in [1.82, 2.24) is 19.9 Å². The summed E-state index contributed by atoms with van der Waals surface area (Å²) in [5.41, 5.74) is 10.2. The third-order valence-electron chi connectivity index (χ3n) is 5.62. The molecule has 4 aromatic rings. The van der Waals surface area contributed by atoms with E-state index in [1.54, 1.807) is 4.57 Å². The van der Waals surface area contributed by atoms with Gasteiger partial charge in [0, 0.05) is 18.2 Å². The maximum absolute atomic E-state index is 13.2. The molecule has 0 unspecified atom stereocenters. The Labute approximate surface area is 184 Å². The molecule has 5 rings (SSSR count). The molecular formula is C23H22ClN5O2. The number of ether oxygens (including phenoxy) is 1. The number of para-hydroxylation sites is 2. The highest BCUT2D eigenvalue weighted by atomic mass is 35.5. The van der Waals surface area contributed by atoms with Crippen molar-refractivity contribution in [2.45, 2.75) is 25.5 Å². The van der Waals surface area contributed by atoms with Gasteiger partial charge in [0.2, 0.25) is 0 Å². The smallest absolute Gasteiger partial charge is 0.257 e. The Hall–Kier alpha value is -3.16. The zero-order valence-corrected chi connectivity index (χ0v) is 17.6. The van der Waals surface area contributed by atoms with Crippen LogP contribution in [0.4, 0.5) is 5.82 Å². The van der Waals surface area contributed by atoms with Crippen molar-refractivity contribution in [3.05, 3.63) is 64.7 Å². The van der Waals surface area contributed by atoms with Gasteiger partial charge < -0.3 is 20.4 Å². The molecule has 2 aromatic heterocycles. The van der Waals surface area contributed by atoms with E-state index in [0.717, 1.165) is 30.5 Å². The summed E-state index contributed by atoms with van der Waals surface area (Å²) < 4.78 is 7.42. The number of anilines is 1. The lowest BCUT2D eigenvalue weighted by molar-refractivity contribution is 0.0859. The fourth-order valence-electron chi connectivity index (χ4n) is 4.00. The van der Waals surface area contributed by atoms with Gasteiger partial charge in [0.25, 0.3) is 5.91 Å². The Balaban J connectivity index is 1.61. The third kappa shape index (κ3) is 3.71. The molecule has 1 aliphatic rings. The molecule has 1 fully saturated rings. The van der Waals surface area contributed by atoms with Gasteiger partial charge in [-0.3, -0.25) is 4.79 Å². The summed E-state index contributed by atoms with van der Waals surface area (Å²) in [5.74, 6) is 0.0376. The van der Waals surface area contributed by atoms with Gasteiger partial charge in [0.1, 0.15) is 16.9 Å². The summed E-state index contributed by atoms with van der Waals surface area (Å²) in [7, 11) is 0. The summed E-state index contributed by atoms with van der Waals surface area (Å²) in [6, 6.07) is 15.1. The lowest BCUT2D eigenvalue weighted by atomic mass is 10.2. The Morgan fingerprint density at radius 2 is 1.90 bits per heavy atom. The molecular weight excluding hydrogens is 414 g/mol. The van der Waals surface area contributed by atoms with Crippen LogP contribution in [-0.2, 0) is 11.3 Å². The van der Waals surface area contributed by atoms with Crippen molar-refractivity contribution in [3.8, 4) is 0 Å². The van der Waals surface area contributed by atoms with Gasteiger partial charge in [-0.2, -0.15) is 0 Å². The number of halogens is 1. The van der Waals surface area contributed by atoms with Crippen LogP contribution < -0.4 is 11.1 Å². The molecule has 0 saturated carbocycles. The first-order chi connectivity index (χ1) is 15.1. The number of nitrogens with two attached hydrogens (primary N) is 1. The topological polar surface area (TPSA) is 95.1 Å². The fourth-order valence-corrected chi connectivity index (χ4v) is 4.19. The van der Waals surface area contributed by atoms with Gasteiger partial charge in [-0.1, -0.05) is 41.9 Å². The molecule has 1 saturated heterocycles. The molecule has 0 bridgehead atoms. The molecule has 1 aliphatic heterocycles. The molecule has 158 valence electrons. The quantitative estimate of drug-likeness (QED) is 0.497. The van der Waals surface area contributed by atoms with Crippen molar-refractivity contribution < 1.29 is 9.53 Å². The van der Waals surface area contributed by atoms with E-state index in [-0.39, 0.29) is 12.0 Å². The maximum atomic E-state index is 13.2. The highest BCUT2D eigenvalue weighted by Gasteiger charge is 2.25. The first-order valence-electron chi connectivity index (χ1n) is 10.3. The number of carbonyl (C=O) groups is 1. The van der Waals surface area contributed by atoms with Crippen molar-refractivity contribution in [2.75, 3.05) is 18.9 Å². The van der Waals surface area contributed by atoms with Crippen molar-refractivity contribution in [1.29, 1.82) is 0 Å². The summed E-state index contributed by atoms with van der Waals surface area (Å²) >= 11 is 6.38. The molecule has 8 heteroatoms. The number of nitrogens with zero attached hydrogens (tertiary/aromatic N) is 3. The zero-order valence-electron chi connectivity index (χ0n) is 16.8. The first-order valence-corrected chi connectivity index (χ1v) is 10.7. The van der Waals surface area contributed by atoms with E-state index in [1.807, 2.05) is 48.5 Å². The fraction of sp³-hybridized carbons (Fsp3) is 0.261. The molecule has 1 atom stereocenters. The van der Waals surface area contributed by atoms with E-state index in [1.165, 1.54) is 0 Å². The van der Waals surface area contributed by atoms with Crippen LogP contribution in [0, 0.1) is 0 Å². The highest BCUT2D eigenvalue weighted by molar-refractivity contribution is 6.31. The van der Waals surface area contributed by atoms with Crippen LogP contribution in [0.3, 0.4) is 0 Å². The number of rotatable bonds is 5. The lowest BCUT2D eigenvalue weighted by Crippen LogP contribution is -2.32. The van der Waals surface area contributed by atoms with Gasteiger partial charge in [-0.05, 0) is 36.6 Å². The molecule has 3 heterocycles. The number of amides is 1. The van der Waals surface area contributed by atoms with E-state index in [0.29, 0.717) is 46.2 Å². The minimum Gasteiger partial charge on any atom is -0.384 e. The molecule has 0 aliphatic carbocycles. The number of benzene rings is 2. The zero-order chi connectivity index (χ0) is 21.4. The Morgan fingerprint density at radius 3 is 2.65 bits per heavy atom. The van der Waals surface area contributed by atoms with Crippen LogP contribution in [0.1, 0.15) is 28.8 Å². The number of aromatic nitrogens is 3. The van der Waals surface area contributed by atoms with E-state index in [9.17, 15) is 4.79 Å². The largest absolute Gasteiger partial charge is 0.384 e. The summed E-state index contributed by atoms with van der Waals surface area (Å²) in [5, 5.41) is 3.59. The van der Waals surface area contributed by atoms with Gasteiger partial charge in [-0.25, -0.2) is 9.97 Å². The van der Waals surface area contributed by atoms with Gasteiger partial charge >= 0.3 is 0 Å². The van der Waals surface area contributed by atoms with Crippen molar-refractivity contribution >= 4 is 45.5 Å². The number of fused-ring (bicyclic) bond motifs is 2. The Morgan fingerprint density at radius 1 is 1.16 bits per heavy atom. The summed E-state index contributed by atoms with van der Waals surface area (Å²) in [6.45, 7) is 1.56. The second kappa shape index (κ2) is 8.17. The average molecular weight is 436 g/mol. The molecule has 7 nitrogen and oxygen atoms in total. The highest BCUT2D eigenvalue weighted by Crippen LogP contribution is 2.30. The van der Waals surface area contributed by atoms with Crippen LogP contribution in [0.25, 0.3) is 22.2 Å². The average Bonchev–Trinajstić information content (AvgIpc) is 3.39. The van der Waals surface area contributed by atoms with E-state index in [4.69, 9.17) is 32.0 Å². The SMILES string of the molecule is Nc1c(C(=O)NC[C@@H]2CCCO2)c2nc3ccccc3nc2n1Cc1ccccc1Cl.